The minimum absolute atomic E-state index is 0.00687. The summed E-state index contributed by atoms with van der Waals surface area (Å²) in [5, 5.41) is 0.418. The van der Waals surface area contributed by atoms with Crippen LogP contribution in [0.5, 0.6) is 0 Å². The Bertz CT molecular complexity index is 601. The predicted octanol–water partition coefficient (Wildman–Crippen LogP) is 3.68. The lowest BCUT2D eigenvalue weighted by Gasteiger charge is -2.11. The molecule has 0 aliphatic rings. The Balaban J connectivity index is 2.01. The summed E-state index contributed by atoms with van der Waals surface area (Å²) in [5.74, 6) is -0.529. The van der Waals surface area contributed by atoms with E-state index in [1.165, 1.54) is 18.2 Å². The van der Waals surface area contributed by atoms with Gasteiger partial charge in [-0.15, -0.1) is 0 Å². The molecule has 1 atom stereocenters. The van der Waals surface area contributed by atoms with Crippen LogP contribution < -0.4 is 5.73 Å². The van der Waals surface area contributed by atoms with E-state index >= 15 is 0 Å². The van der Waals surface area contributed by atoms with Gasteiger partial charge in [0.25, 0.3) is 0 Å². The van der Waals surface area contributed by atoms with Gasteiger partial charge in [-0.3, -0.25) is 4.79 Å². The van der Waals surface area contributed by atoms with Gasteiger partial charge in [0, 0.05) is 23.9 Å². The van der Waals surface area contributed by atoms with Crippen molar-refractivity contribution in [2.24, 2.45) is 5.73 Å². The van der Waals surface area contributed by atoms with Crippen LogP contribution in [-0.4, -0.2) is 5.78 Å². The van der Waals surface area contributed by atoms with Gasteiger partial charge in [-0.1, -0.05) is 41.9 Å². The first-order valence-electron chi connectivity index (χ1n) is 6.32. The van der Waals surface area contributed by atoms with Crippen LogP contribution in [0.2, 0.25) is 5.02 Å². The highest BCUT2D eigenvalue weighted by molar-refractivity contribution is 6.30. The van der Waals surface area contributed by atoms with Crippen molar-refractivity contribution in [3.63, 3.8) is 0 Å². The number of nitrogens with two attached hydrogens (primary N) is 1. The number of ketones is 1. The van der Waals surface area contributed by atoms with Crippen LogP contribution in [-0.2, 0) is 11.2 Å². The van der Waals surface area contributed by atoms with Crippen molar-refractivity contribution in [3.8, 4) is 0 Å². The van der Waals surface area contributed by atoms with E-state index in [0.29, 0.717) is 10.6 Å². The minimum atomic E-state index is -0.420. The van der Waals surface area contributed by atoms with Crippen molar-refractivity contribution in [3.05, 3.63) is 70.5 Å². The number of Topliss-reactive ketones (excluding diaryl/α,β-unsaturated/α-hetero) is 1. The van der Waals surface area contributed by atoms with Crippen molar-refractivity contribution in [1.29, 1.82) is 0 Å². The molecule has 104 valence electrons. The maximum Gasteiger partial charge on any atom is 0.139 e. The van der Waals surface area contributed by atoms with E-state index in [9.17, 15) is 9.18 Å². The molecule has 0 amide bonds. The van der Waals surface area contributed by atoms with Crippen molar-refractivity contribution in [2.45, 2.75) is 18.9 Å². The topological polar surface area (TPSA) is 43.1 Å². The summed E-state index contributed by atoms with van der Waals surface area (Å²) in [6, 6.07) is 13.2. The summed E-state index contributed by atoms with van der Waals surface area (Å²) < 4.78 is 13.5. The number of halogens is 2. The van der Waals surface area contributed by atoms with Gasteiger partial charge < -0.3 is 5.73 Å². The maximum atomic E-state index is 13.5. The third kappa shape index (κ3) is 3.89. The molecule has 2 aromatic carbocycles. The predicted molar refractivity (Wildman–Crippen MR) is 78.1 cm³/mol. The summed E-state index contributed by atoms with van der Waals surface area (Å²) in [7, 11) is 0. The molecule has 0 saturated heterocycles. The Morgan fingerprint density at radius 1 is 1.20 bits per heavy atom. The molecule has 0 aromatic heterocycles. The Morgan fingerprint density at radius 2 is 1.90 bits per heavy atom. The van der Waals surface area contributed by atoms with E-state index in [1.807, 2.05) is 30.3 Å². The lowest BCUT2D eigenvalue weighted by Crippen LogP contribution is -2.17. The van der Waals surface area contributed by atoms with E-state index in [1.54, 1.807) is 0 Å². The molecule has 0 radical (unpaired) electrons. The molecule has 0 bridgehead atoms. The largest absolute Gasteiger partial charge is 0.324 e. The molecule has 0 spiro atoms. The van der Waals surface area contributed by atoms with Crippen molar-refractivity contribution < 1.29 is 9.18 Å². The zero-order chi connectivity index (χ0) is 14.5. The molecule has 1 unspecified atom stereocenters. The lowest BCUT2D eigenvalue weighted by molar-refractivity contribution is -0.118. The molecule has 0 aliphatic heterocycles. The van der Waals surface area contributed by atoms with Gasteiger partial charge in [0.1, 0.15) is 11.6 Å². The van der Waals surface area contributed by atoms with Crippen molar-refractivity contribution in [2.75, 3.05) is 0 Å². The molecule has 2 N–H and O–H groups in total. The smallest absolute Gasteiger partial charge is 0.139 e. The number of benzene rings is 2. The number of rotatable bonds is 5. The van der Waals surface area contributed by atoms with Gasteiger partial charge in [0.05, 0.1) is 0 Å². The first-order valence-corrected chi connectivity index (χ1v) is 6.70. The first kappa shape index (κ1) is 14.7. The molecule has 0 aliphatic carbocycles. The number of carbonyl (C=O) groups is 1. The lowest BCUT2D eigenvalue weighted by atomic mass is 9.98. The van der Waals surface area contributed by atoms with Crippen LogP contribution in [0.1, 0.15) is 23.6 Å². The van der Waals surface area contributed by atoms with Gasteiger partial charge >= 0.3 is 0 Å². The highest BCUT2D eigenvalue weighted by atomic mass is 35.5. The summed E-state index contributed by atoms with van der Waals surface area (Å²) in [4.78, 5) is 12.0. The van der Waals surface area contributed by atoms with Crippen LogP contribution in [0, 0.1) is 5.82 Å². The van der Waals surface area contributed by atoms with Gasteiger partial charge in [0.2, 0.25) is 0 Å². The van der Waals surface area contributed by atoms with E-state index in [4.69, 9.17) is 17.3 Å². The molecule has 2 aromatic rings. The quantitative estimate of drug-likeness (QED) is 0.913. The Hall–Kier alpha value is -1.71. The molecular weight excluding hydrogens is 277 g/mol. The van der Waals surface area contributed by atoms with Crippen LogP contribution in [0.4, 0.5) is 4.39 Å². The first-order chi connectivity index (χ1) is 9.56. The minimum Gasteiger partial charge on any atom is -0.324 e. The monoisotopic (exact) mass is 291 g/mol. The number of carbonyl (C=O) groups excluding carboxylic acids is 1. The third-order valence-electron chi connectivity index (χ3n) is 3.07. The average Bonchev–Trinajstić information content (AvgIpc) is 2.43. The Morgan fingerprint density at radius 3 is 2.60 bits per heavy atom. The van der Waals surface area contributed by atoms with Gasteiger partial charge in [-0.2, -0.15) is 0 Å². The maximum absolute atomic E-state index is 13.5. The highest BCUT2D eigenvalue weighted by Gasteiger charge is 2.14. The van der Waals surface area contributed by atoms with Crippen LogP contribution in [0.15, 0.2) is 48.5 Å². The second kappa shape index (κ2) is 6.64. The zero-order valence-corrected chi connectivity index (χ0v) is 11.6. The zero-order valence-electron chi connectivity index (χ0n) is 10.9. The van der Waals surface area contributed by atoms with E-state index in [2.05, 4.69) is 0 Å². The van der Waals surface area contributed by atoms with Gasteiger partial charge in [0.15, 0.2) is 0 Å². The molecule has 2 rings (SSSR count). The van der Waals surface area contributed by atoms with Crippen LogP contribution >= 0.6 is 11.6 Å². The normalized spacial score (nSPS) is 12.2. The molecule has 4 heteroatoms. The summed E-state index contributed by atoms with van der Waals surface area (Å²) in [6.07, 6.45) is 0.183. The van der Waals surface area contributed by atoms with E-state index in [-0.39, 0.29) is 24.7 Å². The molecule has 2 nitrogen and oxygen atoms in total. The average molecular weight is 292 g/mol. The second-order valence-electron chi connectivity index (χ2n) is 4.67. The standard InChI is InChI=1S/C16H15ClFNO/c17-13-6-7-15(18)12(8-13)9-14(20)10-16(19)11-4-2-1-3-5-11/h1-8,16H,9-10,19H2. The molecule has 0 heterocycles. The number of hydrogen-bond donors (Lipinski definition) is 1. The highest BCUT2D eigenvalue weighted by Crippen LogP contribution is 2.18. The summed E-state index contributed by atoms with van der Waals surface area (Å²) in [5.41, 5.74) is 7.18. The molecule has 20 heavy (non-hydrogen) atoms. The molecule has 0 fully saturated rings. The fraction of sp³-hybridized carbons (Fsp3) is 0.188. The fourth-order valence-electron chi connectivity index (χ4n) is 2.03. The van der Waals surface area contributed by atoms with E-state index < -0.39 is 5.82 Å². The van der Waals surface area contributed by atoms with Gasteiger partial charge in [-0.05, 0) is 29.3 Å². The van der Waals surface area contributed by atoms with Crippen molar-refractivity contribution in [1.82, 2.24) is 0 Å². The second-order valence-corrected chi connectivity index (χ2v) is 5.11. The molecular formula is C16H15ClFNO. The number of hydrogen-bond acceptors (Lipinski definition) is 2. The van der Waals surface area contributed by atoms with E-state index in [0.717, 1.165) is 5.56 Å². The van der Waals surface area contributed by atoms with Gasteiger partial charge in [-0.25, -0.2) is 4.39 Å². The summed E-state index contributed by atoms with van der Waals surface area (Å²) in [6.45, 7) is 0. The third-order valence-corrected chi connectivity index (χ3v) is 3.31. The fourth-order valence-corrected chi connectivity index (χ4v) is 2.22. The SMILES string of the molecule is NC(CC(=O)Cc1cc(Cl)ccc1F)c1ccccc1. The summed E-state index contributed by atoms with van der Waals surface area (Å²) >= 11 is 5.80. The van der Waals surface area contributed by atoms with Crippen LogP contribution in [0.25, 0.3) is 0 Å². The Kier molecular flexibility index (Phi) is 4.88. The molecule has 0 saturated carbocycles. The Labute approximate surface area is 122 Å². The van der Waals surface area contributed by atoms with Crippen molar-refractivity contribution >= 4 is 17.4 Å². The van der Waals surface area contributed by atoms with Crippen LogP contribution in [0.3, 0.4) is 0 Å².